The van der Waals surface area contributed by atoms with Crippen molar-refractivity contribution in [3.8, 4) is 11.8 Å². The molecule has 1 aromatic rings. The first-order valence-electron chi connectivity index (χ1n) is 5.74. The van der Waals surface area contributed by atoms with Gasteiger partial charge < -0.3 is 10.4 Å². The SMILES string of the molecule is CSCCCCNC(=O)c1sccc1C#CCO. The molecule has 0 aromatic carbocycles. The number of carbonyl (C=O) groups is 1. The normalized spacial score (nSPS) is 9.67. The molecule has 1 aromatic heterocycles. The van der Waals surface area contributed by atoms with Gasteiger partial charge in [-0.3, -0.25) is 4.79 Å². The fourth-order valence-corrected chi connectivity index (χ4v) is 2.63. The van der Waals surface area contributed by atoms with E-state index in [1.54, 1.807) is 6.07 Å². The van der Waals surface area contributed by atoms with E-state index < -0.39 is 0 Å². The van der Waals surface area contributed by atoms with Crippen LogP contribution in [0.2, 0.25) is 0 Å². The molecule has 0 saturated heterocycles. The van der Waals surface area contributed by atoms with Gasteiger partial charge in [-0.15, -0.1) is 11.3 Å². The molecule has 0 unspecified atom stereocenters. The number of thioether (sulfide) groups is 1. The van der Waals surface area contributed by atoms with Gasteiger partial charge in [0, 0.05) is 12.1 Å². The molecule has 0 bridgehead atoms. The second kappa shape index (κ2) is 9.03. The van der Waals surface area contributed by atoms with Crippen LogP contribution in [0.25, 0.3) is 0 Å². The number of hydrogen-bond donors (Lipinski definition) is 2. The summed E-state index contributed by atoms with van der Waals surface area (Å²) in [5.74, 6) is 6.39. The molecule has 0 saturated carbocycles. The lowest BCUT2D eigenvalue weighted by atomic mass is 10.2. The molecule has 1 rings (SSSR count). The number of unbranched alkanes of at least 4 members (excludes halogenated alkanes) is 1. The van der Waals surface area contributed by atoms with Crippen LogP contribution in [-0.2, 0) is 0 Å². The monoisotopic (exact) mass is 283 g/mol. The maximum atomic E-state index is 11.9. The van der Waals surface area contributed by atoms with Crippen LogP contribution < -0.4 is 5.32 Å². The van der Waals surface area contributed by atoms with Crippen LogP contribution in [0.3, 0.4) is 0 Å². The molecule has 0 aliphatic carbocycles. The predicted octanol–water partition coefficient (Wildman–Crippen LogP) is 1.96. The Morgan fingerprint density at radius 3 is 3.11 bits per heavy atom. The van der Waals surface area contributed by atoms with E-state index in [9.17, 15) is 4.79 Å². The van der Waals surface area contributed by atoms with E-state index in [0.717, 1.165) is 18.6 Å². The van der Waals surface area contributed by atoms with Gasteiger partial charge in [-0.25, -0.2) is 0 Å². The largest absolute Gasteiger partial charge is 0.384 e. The maximum absolute atomic E-state index is 11.9. The summed E-state index contributed by atoms with van der Waals surface area (Å²) in [6.45, 7) is 0.510. The second-order valence-electron chi connectivity index (χ2n) is 3.58. The molecule has 0 fully saturated rings. The van der Waals surface area contributed by atoms with E-state index in [1.807, 2.05) is 17.1 Å². The third kappa shape index (κ3) is 5.13. The van der Waals surface area contributed by atoms with Crippen molar-refractivity contribution in [2.75, 3.05) is 25.2 Å². The van der Waals surface area contributed by atoms with Gasteiger partial charge in [0.25, 0.3) is 5.91 Å². The lowest BCUT2D eigenvalue weighted by molar-refractivity contribution is 0.0957. The lowest BCUT2D eigenvalue weighted by Crippen LogP contribution is -2.24. The van der Waals surface area contributed by atoms with E-state index in [-0.39, 0.29) is 12.5 Å². The molecule has 1 amide bonds. The molecule has 2 N–H and O–H groups in total. The Morgan fingerprint density at radius 2 is 2.39 bits per heavy atom. The zero-order chi connectivity index (χ0) is 13.2. The van der Waals surface area contributed by atoms with Crippen LogP contribution in [0, 0.1) is 11.8 Å². The Labute approximate surface area is 116 Å². The summed E-state index contributed by atoms with van der Waals surface area (Å²) in [4.78, 5) is 12.5. The van der Waals surface area contributed by atoms with Crippen molar-refractivity contribution in [3.05, 3.63) is 21.9 Å². The fraction of sp³-hybridized carbons (Fsp3) is 0.462. The number of aliphatic hydroxyl groups excluding tert-OH is 1. The Kier molecular flexibility index (Phi) is 7.58. The van der Waals surface area contributed by atoms with E-state index in [1.165, 1.54) is 11.3 Å². The highest BCUT2D eigenvalue weighted by molar-refractivity contribution is 7.98. The molecule has 0 radical (unpaired) electrons. The van der Waals surface area contributed by atoms with Crippen molar-refractivity contribution >= 4 is 29.0 Å². The van der Waals surface area contributed by atoms with Crippen molar-refractivity contribution in [3.63, 3.8) is 0 Å². The first kappa shape index (κ1) is 15.1. The van der Waals surface area contributed by atoms with Crippen molar-refractivity contribution in [1.82, 2.24) is 5.32 Å². The van der Waals surface area contributed by atoms with E-state index in [4.69, 9.17) is 5.11 Å². The maximum Gasteiger partial charge on any atom is 0.262 e. The molecule has 3 nitrogen and oxygen atoms in total. The zero-order valence-electron chi connectivity index (χ0n) is 10.4. The summed E-state index contributed by atoms with van der Waals surface area (Å²) in [5.41, 5.74) is 0.690. The molecular weight excluding hydrogens is 266 g/mol. The minimum absolute atomic E-state index is 0.0728. The van der Waals surface area contributed by atoms with Crippen LogP contribution in [0.15, 0.2) is 11.4 Å². The summed E-state index contributed by atoms with van der Waals surface area (Å²) < 4.78 is 0. The third-order valence-electron chi connectivity index (χ3n) is 2.23. The molecule has 0 spiro atoms. The third-order valence-corrected chi connectivity index (χ3v) is 3.84. The van der Waals surface area contributed by atoms with Crippen molar-refractivity contribution in [1.29, 1.82) is 0 Å². The number of nitrogens with one attached hydrogen (secondary N) is 1. The number of amides is 1. The van der Waals surface area contributed by atoms with Gasteiger partial charge in [0.2, 0.25) is 0 Å². The van der Waals surface area contributed by atoms with Crippen molar-refractivity contribution in [2.24, 2.45) is 0 Å². The van der Waals surface area contributed by atoms with Crippen LogP contribution >= 0.6 is 23.1 Å². The smallest absolute Gasteiger partial charge is 0.262 e. The van der Waals surface area contributed by atoms with Crippen LogP contribution in [0.1, 0.15) is 28.1 Å². The van der Waals surface area contributed by atoms with Gasteiger partial charge in [0.05, 0.1) is 0 Å². The molecular formula is C13H17NO2S2. The second-order valence-corrected chi connectivity index (χ2v) is 5.48. The Balaban J connectivity index is 2.44. The number of aliphatic hydroxyl groups is 1. The van der Waals surface area contributed by atoms with Crippen molar-refractivity contribution in [2.45, 2.75) is 12.8 Å². The predicted molar refractivity (Wildman–Crippen MR) is 78.2 cm³/mol. The lowest BCUT2D eigenvalue weighted by Gasteiger charge is -2.03. The number of carbonyl (C=O) groups excluding carboxylic acids is 1. The Bertz CT molecular complexity index is 432. The first-order valence-corrected chi connectivity index (χ1v) is 8.01. The van der Waals surface area contributed by atoms with Crippen LogP contribution in [0.5, 0.6) is 0 Å². The van der Waals surface area contributed by atoms with E-state index in [2.05, 4.69) is 23.4 Å². The molecule has 0 atom stereocenters. The van der Waals surface area contributed by atoms with Gasteiger partial charge >= 0.3 is 0 Å². The first-order chi connectivity index (χ1) is 8.79. The van der Waals surface area contributed by atoms with Gasteiger partial charge in [0.15, 0.2) is 0 Å². The molecule has 5 heteroatoms. The van der Waals surface area contributed by atoms with Gasteiger partial charge in [-0.1, -0.05) is 11.8 Å². The number of hydrogen-bond acceptors (Lipinski definition) is 4. The van der Waals surface area contributed by atoms with Gasteiger partial charge in [0.1, 0.15) is 11.5 Å². The highest BCUT2D eigenvalue weighted by Gasteiger charge is 2.10. The van der Waals surface area contributed by atoms with Crippen LogP contribution in [0.4, 0.5) is 0 Å². The molecule has 0 aliphatic rings. The highest BCUT2D eigenvalue weighted by atomic mass is 32.2. The average molecular weight is 283 g/mol. The van der Waals surface area contributed by atoms with Gasteiger partial charge in [-0.2, -0.15) is 11.8 Å². The summed E-state index contributed by atoms with van der Waals surface area (Å²) in [5, 5.41) is 13.4. The summed E-state index contributed by atoms with van der Waals surface area (Å²) in [7, 11) is 0. The highest BCUT2D eigenvalue weighted by Crippen LogP contribution is 2.15. The van der Waals surface area contributed by atoms with E-state index in [0.29, 0.717) is 17.0 Å². The topological polar surface area (TPSA) is 49.3 Å². The minimum Gasteiger partial charge on any atom is -0.384 e. The van der Waals surface area contributed by atoms with E-state index >= 15 is 0 Å². The molecule has 98 valence electrons. The fourth-order valence-electron chi connectivity index (χ4n) is 1.37. The van der Waals surface area contributed by atoms with Crippen molar-refractivity contribution < 1.29 is 9.90 Å². The van der Waals surface area contributed by atoms with Gasteiger partial charge in [-0.05, 0) is 36.3 Å². The summed E-state index contributed by atoms with van der Waals surface area (Å²) in [6, 6.07) is 1.80. The van der Waals surface area contributed by atoms with Crippen LogP contribution in [-0.4, -0.2) is 36.2 Å². The zero-order valence-corrected chi connectivity index (χ0v) is 12.0. The quantitative estimate of drug-likeness (QED) is 0.620. The minimum atomic E-state index is -0.189. The summed E-state index contributed by atoms with van der Waals surface area (Å²) >= 11 is 3.19. The Hall–Kier alpha value is -0.960. The molecule has 18 heavy (non-hydrogen) atoms. The number of rotatable bonds is 6. The standard InChI is InChI=1S/C13H17NO2S2/c1-17-9-3-2-7-14-13(16)12-11(5-4-8-15)6-10-18-12/h6,10,15H,2-3,7-9H2,1H3,(H,14,16). The summed E-state index contributed by atoms with van der Waals surface area (Å²) in [6.07, 6.45) is 4.19. The molecule has 1 heterocycles. The molecule has 0 aliphatic heterocycles. The Morgan fingerprint density at radius 1 is 1.56 bits per heavy atom. The average Bonchev–Trinajstić information content (AvgIpc) is 2.84. The number of thiophene rings is 1.